The van der Waals surface area contributed by atoms with Crippen LogP contribution >= 0.6 is 0 Å². The standard InChI is InChI=1S/C19H40N2O4/c1-4-5-6-7-8-9-10-11-12-13-20-17(15(2)22)14-21-18(16(3)23)19(24)25/h15-18,20-23H,4-14H2,1-3H3,(H,24,25). The molecule has 0 aromatic carbocycles. The average molecular weight is 361 g/mol. The molecule has 0 rings (SSSR count). The third kappa shape index (κ3) is 13.2. The first-order valence-electron chi connectivity index (χ1n) is 9.95. The highest BCUT2D eigenvalue weighted by Crippen LogP contribution is 2.09. The fraction of sp³-hybridized carbons (Fsp3) is 0.947. The number of hydrogen-bond donors (Lipinski definition) is 5. The lowest BCUT2D eigenvalue weighted by atomic mass is 10.1. The van der Waals surface area contributed by atoms with Crippen molar-refractivity contribution in [3.8, 4) is 0 Å². The molecule has 25 heavy (non-hydrogen) atoms. The summed E-state index contributed by atoms with van der Waals surface area (Å²) in [6, 6.07) is -1.24. The van der Waals surface area contributed by atoms with E-state index in [0.717, 1.165) is 13.0 Å². The number of carboxylic acid groups (broad SMARTS) is 1. The van der Waals surface area contributed by atoms with Gasteiger partial charge in [0.15, 0.2) is 0 Å². The van der Waals surface area contributed by atoms with Gasteiger partial charge in [0.05, 0.1) is 12.2 Å². The summed E-state index contributed by atoms with van der Waals surface area (Å²) in [5.41, 5.74) is 0. The molecule has 0 bridgehead atoms. The predicted octanol–water partition coefficient (Wildman–Crippen LogP) is 2.28. The Balaban J connectivity index is 3.81. The Hall–Kier alpha value is -0.690. The van der Waals surface area contributed by atoms with Crippen LogP contribution in [-0.4, -0.2) is 58.7 Å². The number of aliphatic hydroxyl groups excluding tert-OH is 2. The van der Waals surface area contributed by atoms with Gasteiger partial charge in [0.2, 0.25) is 0 Å². The van der Waals surface area contributed by atoms with Crippen LogP contribution in [0, 0.1) is 0 Å². The lowest BCUT2D eigenvalue weighted by Crippen LogP contribution is -2.53. The van der Waals surface area contributed by atoms with Gasteiger partial charge in [-0.2, -0.15) is 0 Å². The number of unbranched alkanes of at least 4 members (excludes halogenated alkanes) is 8. The Morgan fingerprint density at radius 1 is 0.840 bits per heavy atom. The van der Waals surface area contributed by atoms with Crippen LogP contribution in [-0.2, 0) is 4.79 Å². The van der Waals surface area contributed by atoms with Gasteiger partial charge in [-0.3, -0.25) is 4.79 Å². The van der Waals surface area contributed by atoms with E-state index >= 15 is 0 Å². The lowest BCUT2D eigenvalue weighted by molar-refractivity contribution is -0.142. The molecular formula is C19H40N2O4. The Kier molecular flexibility index (Phi) is 15.1. The predicted molar refractivity (Wildman–Crippen MR) is 102 cm³/mol. The zero-order valence-corrected chi connectivity index (χ0v) is 16.3. The van der Waals surface area contributed by atoms with Gasteiger partial charge in [-0.15, -0.1) is 0 Å². The summed E-state index contributed by atoms with van der Waals surface area (Å²) in [5.74, 6) is -1.08. The van der Waals surface area contributed by atoms with Crippen LogP contribution in [0.25, 0.3) is 0 Å². The second-order valence-corrected chi connectivity index (χ2v) is 7.09. The highest BCUT2D eigenvalue weighted by molar-refractivity contribution is 5.74. The number of aliphatic carboxylic acids is 1. The molecule has 0 aliphatic carbocycles. The zero-order valence-electron chi connectivity index (χ0n) is 16.3. The number of aliphatic hydroxyl groups is 2. The lowest BCUT2D eigenvalue weighted by Gasteiger charge is -2.25. The number of carbonyl (C=O) groups is 1. The van der Waals surface area contributed by atoms with Crippen molar-refractivity contribution in [3.63, 3.8) is 0 Å². The summed E-state index contributed by atoms with van der Waals surface area (Å²) < 4.78 is 0. The summed E-state index contributed by atoms with van der Waals surface area (Å²) in [4.78, 5) is 11.1. The first-order chi connectivity index (χ1) is 11.9. The van der Waals surface area contributed by atoms with Gasteiger partial charge >= 0.3 is 5.97 Å². The number of carboxylic acids is 1. The second kappa shape index (κ2) is 15.6. The first-order valence-corrected chi connectivity index (χ1v) is 9.95. The van der Waals surface area contributed by atoms with E-state index in [0.29, 0.717) is 6.54 Å². The van der Waals surface area contributed by atoms with Crippen LogP contribution < -0.4 is 10.6 Å². The molecule has 0 saturated heterocycles. The quantitative estimate of drug-likeness (QED) is 0.255. The maximum Gasteiger partial charge on any atom is 0.323 e. The van der Waals surface area contributed by atoms with Crippen LogP contribution in [0.1, 0.15) is 78.6 Å². The summed E-state index contributed by atoms with van der Waals surface area (Å²) in [7, 11) is 0. The molecular weight excluding hydrogens is 320 g/mol. The monoisotopic (exact) mass is 360 g/mol. The molecule has 4 atom stereocenters. The molecule has 0 amide bonds. The van der Waals surface area contributed by atoms with Gasteiger partial charge < -0.3 is 26.0 Å². The van der Waals surface area contributed by atoms with E-state index in [2.05, 4.69) is 17.6 Å². The van der Waals surface area contributed by atoms with E-state index in [4.69, 9.17) is 5.11 Å². The van der Waals surface area contributed by atoms with Crippen molar-refractivity contribution in [1.82, 2.24) is 10.6 Å². The normalized spacial score (nSPS) is 16.4. The van der Waals surface area contributed by atoms with E-state index in [1.807, 2.05) is 0 Å². The van der Waals surface area contributed by atoms with Crippen molar-refractivity contribution in [2.75, 3.05) is 13.1 Å². The van der Waals surface area contributed by atoms with Crippen molar-refractivity contribution in [1.29, 1.82) is 0 Å². The summed E-state index contributed by atoms with van der Waals surface area (Å²) >= 11 is 0. The molecule has 0 aromatic heterocycles. The molecule has 0 radical (unpaired) electrons. The van der Waals surface area contributed by atoms with E-state index in [9.17, 15) is 15.0 Å². The van der Waals surface area contributed by atoms with E-state index < -0.39 is 24.2 Å². The highest BCUT2D eigenvalue weighted by Gasteiger charge is 2.24. The van der Waals surface area contributed by atoms with Gasteiger partial charge in [-0.25, -0.2) is 0 Å². The third-order valence-electron chi connectivity index (χ3n) is 4.58. The van der Waals surface area contributed by atoms with Crippen LogP contribution in [0.2, 0.25) is 0 Å². The third-order valence-corrected chi connectivity index (χ3v) is 4.58. The van der Waals surface area contributed by atoms with E-state index in [1.54, 1.807) is 6.92 Å². The highest BCUT2D eigenvalue weighted by atomic mass is 16.4. The molecule has 0 saturated carbocycles. The number of rotatable bonds is 17. The SMILES string of the molecule is CCCCCCCCCCCNC(CNC(C(=O)O)C(C)O)C(C)O. The smallest absolute Gasteiger partial charge is 0.323 e. The minimum Gasteiger partial charge on any atom is -0.480 e. The molecule has 0 aliphatic rings. The van der Waals surface area contributed by atoms with Crippen molar-refractivity contribution < 1.29 is 20.1 Å². The average Bonchev–Trinajstić information content (AvgIpc) is 2.53. The first kappa shape index (κ1) is 24.3. The van der Waals surface area contributed by atoms with Crippen LogP contribution in [0.4, 0.5) is 0 Å². The van der Waals surface area contributed by atoms with Crippen LogP contribution in [0.3, 0.4) is 0 Å². The molecule has 0 fully saturated rings. The van der Waals surface area contributed by atoms with Gasteiger partial charge in [0, 0.05) is 12.6 Å². The van der Waals surface area contributed by atoms with Crippen molar-refractivity contribution in [3.05, 3.63) is 0 Å². The Morgan fingerprint density at radius 3 is 1.80 bits per heavy atom. The van der Waals surface area contributed by atoms with Crippen LogP contribution in [0.5, 0.6) is 0 Å². The number of hydrogen-bond acceptors (Lipinski definition) is 5. The Labute approximate surface area is 153 Å². The van der Waals surface area contributed by atoms with Crippen molar-refractivity contribution in [2.24, 2.45) is 0 Å². The van der Waals surface area contributed by atoms with Gasteiger partial charge in [0.25, 0.3) is 0 Å². The Morgan fingerprint density at radius 2 is 1.36 bits per heavy atom. The molecule has 0 spiro atoms. The van der Waals surface area contributed by atoms with Crippen LogP contribution in [0.15, 0.2) is 0 Å². The fourth-order valence-electron chi connectivity index (χ4n) is 2.85. The van der Waals surface area contributed by atoms with E-state index in [1.165, 1.54) is 58.3 Å². The topological polar surface area (TPSA) is 102 Å². The summed E-state index contributed by atoms with van der Waals surface area (Å²) in [6.07, 6.45) is 9.84. The minimum atomic E-state index is -1.08. The van der Waals surface area contributed by atoms with Crippen molar-refractivity contribution in [2.45, 2.75) is 103 Å². The molecule has 0 heterocycles. The second-order valence-electron chi connectivity index (χ2n) is 7.09. The Bertz CT molecular complexity index is 325. The molecule has 6 nitrogen and oxygen atoms in total. The molecule has 6 heteroatoms. The summed E-state index contributed by atoms with van der Waals surface area (Å²) in [6.45, 7) is 6.47. The molecule has 5 N–H and O–H groups in total. The maximum atomic E-state index is 11.1. The molecule has 0 aliphatic heterocycles. The maximum absolute atomic E-state index is 11.1. The summed E-state index contributed by atoms with van der Waals surface area (Å²) in [5, 5.41) is 34.5. The molecule has 4 unspecified atom stereocenters. The van der Waals surface area contributed by atoms with Crippen molar-refractivity contribution >= 4 is 5.97 Å². The number of nitrogens with one attached hydrogen (secondary N) is 2. The minimum absolute atomic E-state index is 0.227. The van der Waals surface area contributed by atoms with E-state index in [-0.39, 0.29) is 6.04 Å². The fourth-order valence-corrected chi connectivity index (χ4v) is 2.85. The molecule has 150 valence electrons. The van der Waals surface area contributed by atoms with Gasteiger partial charge in [-0.05, 0) is 26.8 Å². The van der Waals surface area contributed by atoms with Gasteiger partial charge in [0.1, 0.15) is 6.04 Å². The molecule has 0 aromatic rings. The largest absolute Gasteiger partial charge is 0.480 e. The zero-order chi connectivity index (χ0) is 19.1. The van der Waals surface area contributed by atoms with Gasteiger partial charge in [-0.1, -0.05) is 58.3 Å².